The number of nitrogens with zero attached hydrogens (tertiary/aromatic N) is 2. The van der Waals surface area contributed by atoms with Gasteiger partial charge >= 0.3 is 18.0 Å². The van der Waals surface area contributed by atoms with E-state index in [1.165, 1.54) is 48.5 Å². The Morgan fingerprint density at radius 3 is 1.27 bits per heavy atom. The van der Waals surface area contributed by atoms with E-state index in [0.29, 0.717) is 0 Å². The normalized spacial score (nSPS) is 17.2. The number of alkyl halides is 6. The van der Waals surface area contributed by atoms with E-state index in [1.807, 2.05) is 0 Å². The van der Waals surface area contributed by atoms with Gasteiger partial charge in [-0.15, -0.1) is 0 Å². The van der Waals surface area contributed by atoms with E-state index in [0.717, 1.165) is 0 Å². The Kier molecular flexibility index (Phi) is 4.25. The summed E-state index contributed by atoms with van der Waals surface area (Å²) in [5.74, 6) is -1.12. The van der Waals surface area contributed by atoms with Crippen LogP contribution >= 0.6 is 0 Å². The van der Waals surface area contributed by atoms with Gasteiger partial charge in [-0.3, -0.25) is 0 Å². The molecule has 3 rings (SSSR count). The van der Waals surface area contributed by atoms with Crippen molar-refractivity contribution in [3.05, 3.63) is 71.8 Å². The van der Waals surface area contributed by atoms with Crippen molar-refractivity contribution in [2.24, 2.45) is 9.98 Å². The Bertz CT molecular complexity index is 767. The lowest BCUT2D eigenvalue weighted by Crippen LogP contribution is -2.59. The number of aliphatic imine (C=N–C) groups is 2. The third kappa shape index (κ3) is 3.04. The second-order valence-electron chi connectivity index (χ2n) is 5.45. The van der Waals surface area contributed by atoms with Crippen LogP contribution in [0.1, 0.15) is 11.1 Å². The average Bonchev–Trinajstić information content (AvgIpc) is 2.61. The number of hydrogen-bond donors (Lipinski definition) is 1. The number of rotatable bonds is 2. The molecule has 3 nitrogen and oxygen atoms in total. The van der Waals surface area contributed by atoms with Crippen LogP contribution in [0.25, 0.3) is 0 Å². The van der Waals surface area contributed by atoms with Crippen LogP contribution in [0.2, 0.25) is 0 Å². The second kappa shape index (κ2) is 6.15. The van der Waals surface area contributed by atoms with Crippen molar-refractivity contribution in [2.45, 2.75) is 18.0 Å². The predicted octanol–water partition coefficient (Wildman–Crippen LogP) is 4.30. The molecule has 0 fully saturated rings. The first-order valence-electron chi connectivity index (χ1n) is 7.35. The van der Waals surface area contributed by atoms with E-state index in [4.69, 9.17) is 0 Å². The number of benzene rings is 2. The summed E-state index contributed by atoms with van der Waals surface area (Å²) in [5, 5.41) is 2.48. The summed E-state index contributed by atoms with van der Waals surface area (Å²) in [6.45, 7) is 0. The molecule has 2 aromatic rings. The largest absolute Gasteiger partial charge is 0.443 e. The molecule has 0 radical (unpaired) electrons. The summed E-state index contributed by atoms with van der Waals surface area (Å²) in [5.41, 5.74) is -4.43. The highest BCUT2D eigenvalue weighted by molar-refractivity contribution is 6.16. The quantitative estimate of drug-likeness (QED) is 0.785. The molecular weight excluding hydrogens is 360 g/mol. The Labute approximate surface area is 144 Å². The number of amidine groups is 2. The van der Waals surface area contributed by atoms with Crippen molar-refractivity contribution in [3.63, 3.8) is 0 Å². The molecule has 1 aliphatic rings. The highest BCUT2D eigenvalue weighted by Gasteiger charge is 2.73. The summed E-state index contributed by atoms with van der Waals surface area (Å²) < 4.78 is 81.1. The fraction of sp³-hybridized carbons (Fsp3) is 0.176. The summed E-state index contributed by atoms with van der Waals surface area (Å²) in [6, 6.07) is 14.5. The van der Waals surface area contributed by atoms with E-state index in [1.54, 1.807) is 12.1 Å². The van der Waals surface area contributed by atoms with Gasteiger partial charge in [-0.1, -0.05) is 60.7 Å². The second-order valence-corrected chi connectivity index (χ2v) is 5.45. The summed E-state index contributed by atoms with van der Waals surface area (Å²) in [6.07, 6.45) is -11.5. The molecule has 0 saturated heterocycles. The monoisotopic (exact) mass is 371 g/mol. The van der Waals surface area contributed by atoms with Crippen LogP contribution in [0, 0.1) is 0 Å². The number of hydrogen-bond acceptors (Lipinski definition) is 3. The van der Waals surface area contributed by atoms with Gasteiger partial charge in [-0.2, -0.15) is 26.3 Å². The van der Waals surface area contributed by atoms with Crippen molar-refractivity contribution in [2.75, 3.05) is 0 Å². The van der Waals surface area contributed by atoms with Crippen molar-refractivity contribution < 1.29 is 26.3 Å². The van der Waals surface area contributed by atoms with Crippen LogP contribution in [0.3, 0.4) is 0 Å². The van der Waals surface area contributed by atoms with Crippen LogP contribution < -0.4 is 5.32 Å². The van der Waals surface area contributed by atoms with Crippen LogP contribution in [0.15, 0.2) is 70.6 Å². The fourth-order valence-corrected chi connectivity index (χ4v) is 2.40. The highest BCUT2D eigenvalue weighted by Crippen LogP contribution is 2.48. The predicted molar refractivity (Wildman–Crippen MR) is 83.9 cm³/mol. The van der Waals surface area contributed by atoms with Crippen LogP contribution in [0.5, 0.6) is 0 Å². The molecule has 0 spiro atoms. The molecule has 0 aromatic heterocycles. The van der Waals surface area contributed by atoms with E-state index in [2.05, 4.69) is 15.3 Å². The molecule has 2 aromatic carbocycles. The smallest absolute Gasteiger partial charge is 0.324 e. The van der Waals surface area contributed by atoms with Gasteiger partial charge in [-0.25, -0.2) is 9.98 Å². The fourth-order valence-electron chi connectivity index (χ4n) is 2.40. The molecule has 0 saturated carbocycles. The third-order valence-electron chi connectivity index (χ3n) is 3.67. The summed E-state index contributed by atoms with van der Waals surface area (Å²) in [7, 11) is 0. The van der Waals surface area contributed by atoms with Crippen molar-refractivity contribution >= 4 is 11.7 Å². The molecule has 9 heteroatoms. The van der Waals surface area contributed by atoms with Crippen molar-refractivity contribution in [1.29, 1.82) is 0 Å². The lowest BCUT2D eigenvalue weighted by atomic mass is 10.1. The Morgan fingerprint density at radius 2 is 0.962 bits per heavy atom. The van der Waals surface area contributed by atoms with Gasteiger partial charge in [0, 0.05) is 11.1 Å². The van der Waals surface area contributed by atoms with Gasteiger partial charge in [0.2, 0.25) is 0 Å². The number of halogens is 6. The van der Waals surface area contributed by atoms with Crippen LogP contribution in [-0.2, 0) is 0 Å². The zero-order chi connectivity index (χ0) is 19.0. The lowest BCUT2D eigenvalue weighted by molar-refractivity contribution is -0.292. The molecular formula is C17H11F6N3. The van der Waals surface area contributed by atoms with Crippen molar-refractivity contribution in [3.8, 4) is 0 Å². The molecule has 0 aliphatic carbocycles. The minimum atomic E-state index is -5.77. The van der Waals surface area contributed by atoms with Gasteiger partial charge in [0.05, 0.1) is 0 Å². The van der Waals surface area contributed by atoms with Crippen LogP contribution in [0.4, 0.5) is 26.3 Å². The highest BCUT2D eigenvalue weighted by atomic mass is 19.4. The standard InChI is InChI=1S/C17H11F6N3/c18-16(19,20)15(17(21,22)23)25-13(11-7-3-1-4-8-11)24-14(26-15)12-9-5-2-6-10-12/h1-10H,(H,24,25,26). The van der Waals surface area contributed by atoms with Crippen LogP contribution in [-0.4, -0.2) is 29.7 Å². The molecule has 0 amide bonds. The molecule has 1 aliphatic heterocycles. The van der Waals surface area contributed by atoms with Gasteiger partial charge < -0.3 is 5.32 Å². The Balaban J connectivity index is 2.25. The first-order valence-corrected chi connectivity index (χ1v) is 7.35. The summed E-state index contributed by atoms with van der Waals surface area (Å²) in [4.78, 5) is 5.94. The lowest BCUT2D eigenvalue weighted by Gasteiger charge is -2.34. The Morgan fingerprint density at radius 1 is 0.615 bits per heavy atom. The maximum absolute atomic E-state index is 13.5. The molecule has 1 N–H and O–H groups in total. The minimum absolute atomic E-state index is 0.0775. The zero-order valence-electron chi connectivity index (χ0n) is 12.9. The molecule has 26 heavy (non-hydrogen) atoms. The van der Waals surface area contributed by atoms with Gasteiger partial charge in [-0.05, 0) is 0 Å². The maximum Gasteiger partial charge on any atom is 0.443 e. The minimum Gasteiger partial charge on any atom is -0.324 e. The summed E-state index contributed by atoms with van der Waals surface area (Å²) >= 11 is 0. The molecule has 0 bridgehead atoms. The van der Waals surface area contributed by atoms with Crippen molar-refractivity contribution in [1.82, 2.24) is 5.32 Å². The van der Waals surface area contributed by atoms with E-state index in [-0.39, 0.29) is 11.1 Å². The van der Waals surface area contributed by atoms with Gasteiger partial charge in [0.1, 0.15) is 11.7 Å². The molecule has 1 heterocycles. The van der Waals surface area contributed by atoms with Gasteiger partial charge in [0.25, 0.3) is 0 Å². The first-order chi connectivity index (χ1) is 12.1. The molecule has 136 valence electrons. The molecule has 0 atom stereocenters. The van der Waals surface area contributed by atoms with Gasteiger partial charge in [0.15, 0.2) is 0 Å². The first kappa shape index (κ1) is 18.0. The van der Waals surface area contributed by atoms with E-state index in [9.17, 15) is 26.3 Å². The SMILES string of the molecule is FC(F)(F)C1(C(F)(F)F)N=C(c2ccccc2)NC(c2ccccc2)=N1. The zero-order valence-corrected chi connectivity index (χ0v) is 12.9. The van der Waals surface area contributed by atoms with E-state index < -0.39 is 29.7 Å². The topological polar surface area (TPSA) is 36.8 Å². The third-order valence-corrected chi connectivity index (χ3v) is 3.67. The number of nitrogens with one attached hydrogen (secondary N) is 1. The average molecular weight is 371 g/mol. The molecule has 0 unspecified atom stereocenters. The van der Waals surface area contributed by atoms with E-state index >= 15 is 0 Å². The Hall–Kier alpha value is -2.84. The maximum atomic E-state index is 13.5.